The first-order chi connectivity index (χ1) is 9.65. The van der Waals surface area contributed by atoms with Crippen LogP contribution < -0.4 is 20.5 Å². The monoisotopic (exact) mass is 289 g/mol. The molecule has 2 rings (SSSR count). The Bertz CT molecular complexity index is 632. The van der Waals surface area contributed by atoms with Gasteiger partial charge in [-0.25, -0.2) is 0 Å². The van der Waals surface area contributed by atoms with Crippen LogP contribution in [0.5, 0.6) is 11.5 Å². The van der Waals surface area contributed by atoms with E-state index in [2.05, 4.69) is 10.3 Å². The van der Waals surface area contributed by atoms with Crippen molar-refractivity contribution in [1.82, 2.24) is 4.98 Å². The number of nitrogens with two attached hydrogens (primary N) is 1. The number of aromatic nitrogens is 1. The summed E-state index contributed by atoms with van der Waals surface area (Å²) in [4.78, 5) is 4.41. The Labute approximate surface area is 122 Å². The van der Waals surface area contributed by atoms with Gasteiger partial charge in [-0.05, 0) is 24.3 Å². The maximum atomic E-state index is 5.66. The Morgan fingerprint density at radius 3 is 2.65 bits per heavy atom. The molecule has 5 nitrogen and oxygen atoms in total. The van der Waals surface area contributed by atoms with Crippen molar-refractivity contribution >= 4 is 28.6 Å². The van der Waals surface area contributed by atoms with Crippen LogP contribution in [0.4, 0.5) is 11.4 Å². The molecule has 0 unspecified atom stereocenters. The molecule has 0 aliphatic rings. The maximum Gasteiger partial charge on any atom is 0.145 e. The van der Waals surface area contributed by atoms with Crippen LogP contribution in [-0.4, -0.2) is 24.2 Å². The third kappa shape index (κ3) is 2.97. The second-order valence-corrected chi connectivity index (χ2v) is 4.39. The second-order valence-electron chi connectivity index (χ2n) is 3.96. The van der Waals surface area contributed by atoms with Gasteiger partial charge in [0.1, 0.15) is 22.2 Å². The van der Waals surface area contributed by atoms with Crippen LogP contribution in [0.15, 0.2) is 36.5 Å². The quantitative estimate of drug-likeness (QED) is 0.824. The lowest BCUT2D eigenvalue weighted by Gasteiger charge is -2.14. The van der Waals surface area contributed by atoms with E-state index in [1.807, 2.05) is 18.2 Å². The van der Waals surface area contributed by atoms with Crippen molar-refractivity contribution < 1.29 is 9.47 Å². The van der Waals surface area contributed by atoms with Crippen molar-refractivity contribution in [2.45, 2.75) is 0 Å². The summed E-state index contributed by atoms with van der Waals surface area (Å²) in [5.41, 5.74) is 7.71. The van der Waals surface area contributed by atoms with E-state index in [0.717, 1.165) is 11.4 Å². The van der Waals surface area contributed by atoms with Crippen LogP contribution in [0, 0.1) is 0 Å². The lowest BCUT2D eigenvalue weighted by molar-refractivity contribution is 0.395. The minimum absolute atomic E-state index is 0.237. The third-order valence-corrected chi connectivity index (χ3v) is 2.91. The smallest absolute Gasteiger partial charge is 0.145 e. The molecule has 0 amide bonds. The SMILES string of the molecule is COc1ccc(Nc2cccnc2C(N)=S)c(OC)c1. The van der Waals surface area contributed by atoms with Crippen molar-refractivity contribution in [2.24, 2.45) is 5.73 Å². The Morgan fingerprint density at radius 1 is 1.20 bits per heavy atom. The van der Waals surface area contributed by atoms with E-state index in [-0.39, 0.29) is 4.99 Å². The van der Waals surface area contributed by atoms with Crippen LogP contribution >= 0.6 is 12.2 Å². The number of benzene rings is 1. The maximum absolute atomic E-state index is 5.66. The number of nitrogens with zero attached hydrogens (tertiary/aromatic N) is 1. The fourth-order valence-corrected chi connectivity index (χ4v) is 1.91. The highest BCUT2D eigenvalue weighted by molar-refractivity contribution is 7.80. The number of anilines is 2. The minimum atomic E-state index is 0.237. The average molecular weight is 289 g/mol. The zero-order chi connectivity index (χ0) is 14.5. The average Bonchev–Trinajstić information content (AvgIpc) is 2.48. The van der Waals surface area contributed by atoms with Gasteiger partial charge in [0.25, 0.3) is 0 Å². The zero-order valence-electron chi connectivity index (χ0n) is 11.2. The summed E-state index contributed by atoms with van der Waals surface area (Å²) in [7, 11) is 3.20. The number of hydrogen-bond acceptors (Lipinski definition) is 5. The molecule has 0 fully saturated rings. The Hall–Kier alpha value is -2.34. The topological polar surface area (TPSA) is 69.4 Å². The predicted octanol–water partition coefficient (Wildman–Crippen LogP) is 2.48. The number of ether oxygens (including phenoxy) is 2. The first-order valence-electron chi connectivity index (χ1n) is 5.89. The molecule has 3 N–H and O–H groups in total. The normalized spacial score (nSPS) is 9.90. The number of pyridine rings is 1. The lowest BCUT2D eigenvalue weighted by Crippen LogP contribution is -2.14. The van der Waals surface area contributed by atoms with Gasteiger partial charge >= 0.3 is 0 Å². The summed E-state index contributed by atoms with van der Waals surface area (Å²) in [5.74, 6) is 1.37. The first kappa shape index (κ1) is 14.1. The molecule has 0 saturated carbocycles. The summed E-state index contributed by atoms with van der Waals surface area (Å²) in [5, 5.41) is 3.21. The van der Waals surface area contributed by atoms with Crippen molar-refractivity contribution in [3.63, 3.8) is 0 Å². The molecular formula is C14H15N3O2S. The molecule has 1 heterocycles. The van der Waals surface area contributed by atoms with Gasteiger partial charge in [0, 0.05) is 12.3 Å². The largest absolute Gasteiger partial charge is 0.497 e. The first-order valence-corrected chi connectivity index (χ1v) is 6.30. The molecule has 20 heavy (non-hydrogen) atoms. The van der Waals surface area contributed by atoms with Gasteiger partial charge in [-0.1, -0.05) is 12.2 Å². The molecular weight excluding hydrogens is 274 g/mol. The molecule has 6 heteroatoms. The summed E-state index contributed by atoms with van der Waals surface area (Å²) in [6.07, 6.45) is 1.64. The molecule has 104 valence electrons. The highest BCUT2D eigenvalue weighted by Gasteiger charge is 2.10. The number of thiocarbonyl (C=S) groups is 1. The second kappa shape index (κ2) is 6.21. The van der Waals surface area contributed by atoms with Gasteiger partial charge in [-0.15, -0.1) is 0 Å². The fourth-order valence-electron chi connectivity index (χ4n) is 1.75. The van der Waals surface area contributed by atoms with E-state index in [9.17, 15) is 0 Å². The van der Waals surface area contributed by atoms with E-state index < -0.39 is 0 Å². The molecule has 0 saturated heterocycles. The zero-order valence-corrected chi connectivity index (χ0v) is 12.0. The van der Waals surface area contributed by atoms with Gasteiger partial charge in [-0.3, -0.25) is 4.98 Å². The standard InChI is InChI=1S/C14H15N3O2S/c1-18-9-5-6-10(12(8-9)19-2)17-11-4-3-7-16-13(11)14(15)20/h3-8,17H,1-2H3,(H2,15,20). The van der Waals surface area contributed by atoms with Crippen LogP contribution in [0.25, 0.3) is 0 Å². The summed E-state index contributed by atoms with van der Waals surface area (Å²) in [6, 6.07) is 9.14. The van der Waals surface area contributed by atoms with Crippen LogP contribution in [0.3, 0.4) is 0 Å². The Balaban J connectivity index is 2.37. The lowest BCUT2D eigenvalue weighted by atomic mass is 10.2. The highest BCUT2D eigenvalue weighted by atomic mass is 32.1. The summed E-state index contributed by atoms with van der Waals surface area (Å²) >= 11 is 4.99. The Morgan fingerprint density at radius 2 is 2.00 bits per heavy atom. The molecule has 1 aromatic heterocycles. The van der Waals surface area contributed by atoms with Crippen LogP contribution in [0.2, 0.25) is 0 Å². The molecule has 0 spiro atoms. The van der Waals surface area contributed by atoms with Gasteiger partial charge in [0.05, 0.1) is 25.6 Å². The fraction of sp³-hybridized carbons (Fsp3) is 0.143. The summed E-state index contributed by atoms with van der Waals surface area (Å²) in [6.45, 7) is 0. The van der Waals surface area contributed by atoms with E-state index >= 15 is 0 Å². The molecule has 0 radical (unpaired) electrons. The van der Waals surface area contributed by atoms with E-state index in [0.29, 0.717) is 17.2 Å². The van der Waals surface area contributed by atoms with Gasteiger partial charge < -0.3 is 20.5 Å². The van der Waals surface area contributed by atoms with Crippen molar-refractivity contribution in [3.05, 3.63) is 42.2 Å². The molecule has 2 aromatic rings. The molecule has 1 aromatic carbocycles. The number of rotatable bonds is 5. The number of hydrogen-bond donors (Lipinski definition) is 2. The van der Waals surface area contributed by atoms with Gasteiger partial charge in [-0.2, -0.15) is 0 Å². The highest BCUT2D eigenvalue weighted by Crippen LogP contribution is 2.32. The predicted molar refractivity (Wildman–Crippen MR) is 83.0 cm³/mol. The number of nitrogens with one attached hydrogen (secondary N) is 1. The third-order valence-electron chi connectivity index (χ3n) is 2.72. The van der Waals surface area contributed by atoms with Gasteiger partial charge in [0.2, 0.25) is 0 Å². The van der Waals surface area contributed by atoms with Crippen molar-refractivity contribution in [1.29, 1.82) is 0 Å². The van der Waals surface area contributed by atoms with Gasteiger partial charge in [0.15, 0.2) is 0 Å². The van der Waals surface area contributed by atoms with Crippen LogP contribution in [0.1, 0.15) is 5.69 Å². The number of methoxy groups -OCH3 is 2. The molecule has 0 aliphatic heterocycles. The molecule has 0 bridgehead atoms. The van der Waals surface area contributed by atoms with E-state index in [4.69, 9.17) is 27.4 Å². The minimum Gasteiger partial charge on any atom is -0.497 e. The van der Waals surface area contributed by atoms with Crippen molar-refractivity contribution in [2.75, 3.05) is 19.5 Å². The Kier molecular flexibility index (Phi) is 4.37. The molecule has 0 atom stereocenters. The van der Waals surface area contributed by atoms with E-state index in [1.165, 1.54) is 0 Å². The van der Waals surface area contributed by atoms with Crippen molar-refractivity contribution in [3.8, 4) is 11.5 Å². The summed E-state index contributed by atoms with van der Waals surface area (Å²) < 4.78 is 10.5. The van der Waals surface area contributed by atoms with E-state index in [1.54, 1.807) is 32.5 Å². The van der Waals surface area contributed by atoms with Crippen LogP contribution in [-0.2, 0) is 0 Å². The molecule has 0 aliphatic carbocycles.